The van der Waals surface area contributed by atoms with Gasteiger partial charge in [0.25, 0.3) is 0 Å². The summed E-state index contributed by atoms with van der Waals surface area (Å²) in [6.07, 6.45) is 6.37. The number of carbonyl (C=O) groups excluding carboxylic acids is 1. The van der Waals surface area contributed by atoms with Crippen molar-refractivity contribution in [3.05, 3.63) is 48.3 Å². The minimum absolute atomic E-state index is 0.0600. The number of carbonyl (C=O) groups is 1. The van der Waals surface area contributed by atoms with Crippen molar-refractivity contribution in [2.45, 2.75) is 44.8 Å². The van der Waals surface area contributed by atoms with Crippen molar-refractivity contribution in [1.82, 2.24) is 35.9 Å². The number of aromatic nitrogens is 3. The molecular formula is C22H26N8O. The smallest absolute Gasteiger partial charge is 0.237 e. The Bertz CT molecular complexity index is 1130. The fraction of sp³-hybridized carbons (Fsp3) is 0.364. The van der Waals surface area contributed by atoms with Crippen LogP contribution in [-0.4, -0.2) is 44.7 Å². The summed E-state index contributed by atoms with van der Waals surface area (Å²) in [7, 11) is 0. The van der Waals surface area contributed by atoms with E-state index in [-0.39, 0.29) is 11.9 Å². The van der Waals surface area contributed by atoms with Gasteiger partial charge in [0.2, 0.25) is 11.9 Å². The number of fused-ring (bicyclic) bond motifs is 1. The maximum atomic E-state index is 12.3. The summed E-state index contributed by atoms with van der Waals surface area (Å²) in [6.45, 7) is 3.49. The molecule has 2 atom stereocenters. The van der Waals surface area contributed by atoms with E-state index in [2.05, 4.69) is 39.5 Å². The number of hydrogen-bond acceptors (Lipinski definition) is 6. The Morgan fingerprint density at radius 1 is 1.35 bits per heavy atom. The third-order valence-corrected chi connectivity index (χ3v) is 5.63. The van der Waals surface area contributed by atoms with Gasteiger partial charge in [0.1, 0.15) is 11.5 Å². The zero-order valence-electron chi connectivity index (χ0n) is 17.4. The number of rotatable bonds is 5. The highest BCUT2D eigenvalue weighted by atomic mass is 16.2. The van der Waals surface area contributed by atoms with E-state index in [4.69, 9.17) is 9.98 Å². The number of nitrogens with one attached hydrogen (secondary N) is 4. The predicted octanol–water partition coefficient (Wildman–Crippen LogP) is 1.68. The van der Waals surface area contributed by atoms with Crippen LogP contribution >= 0.6 is 0 Å². The summed E-state index contributed by atoms with van der Waals surface area (Å²) in [6, 6.07) is 10.3. The molecule has 0 aliphatic carbocycles. The van der Waals surface area contributed by atoms with Crippen molar-refractivity contribution in [1.29, 1.82) is 0 Å². The Labute approximate surface area is 180 Å². The predicted molar refractivity (Wildman–Crippen MR) is 119 cm³/mol. The highest BCUT2D eigenvalue weighted by molar-refractivity contribution is 5.86. The topological polar surface area (TPSA) is 108 Å². The summed E-state index contributed by atoms with van der Waals surface area (Å²) in [4.78, 5) is 26.2. The summed E-state index contributed by atoms with van der Waals surface area (Å²) >= 11 is 0. The number of benzene rings is 1. The van der Waals surface area contributed by atoms with E-state index in [9.17, 15) is 4.79 Å². The van der Waals surface area contributed by atoms with Crippen molar-refractivity contribution in [2.24, 2.45) is 4.99 Å². The lowest BCUT2D eigenvalue weighted by Gasteiger charge is -2.12. The molecule has 1 aromatic carbocycles. The van der Waals surface area contributed by atoms with Crippen molar-refractivity contribution >= 4 is 23.3 Å². The first-order valence-electron chi connectivity index (χ1n) is 10.7. The van der Waals surface area contributed by atoms with Crippen LogP contribution in [0.4, 0.5) is 5.95 Å². The minimum atomic E-state index is -0.0734. The van der Waals surface area contributed by atoms with Crippen LogP contribution in [0.15, 0.2) is 47.7 Å². The van der Waals surface area contributed by atoms with Gasteiger partial charge in [0.15, 0.2) is 0 Å². The van der Waals surface area contributed by atoms with E-state index in [1.807, 2.05) is 34.9 Å². The Morgan fingerprint density at radius 3 is 3.10 bits per heavy atom. The Kier molecular flexibility index (Phi) is 5.35. The molecule has 2 aliphatic rings. The van der Waals surface area contributed by atoms with E-state index in [1.54, 1.807) is 6.20 Å². The van der Waals surface area contributed by atoms with Crippen molar-refractivity contribution in [3.63, 3.8) is 0 Å². The Hall–Kier alpha value is -3.30. The molecule has 0 saturated carbocycles. The minimum Gasteiger partial charge on any atom is -0.351 e. The van der Waals surface area contributed by atoms with Crippen molar-refractivity contribution in [3.8, 4) is 11.3 Å². The number of amides is 1. The number of aliphatic imine (C=N–C) groups is 1. The van der Waals surface area contributed by atoms with Crippen LogP contribution in [0, 0.1) is 0 Å². The molecule has 1 unspecified atom stereocenters. The normalized spacial score (nSPS) is 22.2. The quantitative estimate of drug-likeness (QED) is 0.502. The first-order valence-corrected chi connectivity index (χ1v) is 10.7. The van der Waals surface area contributed by atoms with Crippen LogP contribution in [-0.2, 0) is 11.3 Å². The third kappa shape index (κ3) is 4.28. The van der Waals surface area contributed by atoms with Crippen molar-refractivity contribution in [2.75, 3.05) is 6.54 Å². The molecule has 2 fully saturated rings. The fourth-order valence-electron chi connectivity index (χ4n) is 3.99. The summed E-state index contributed by atoms with van der Waals surface area (Å²) < 4.78 is 1.87. The number of amidine groups is 1. The maximum Gasteiger partial charge on any atom is 0.237 e. The first kappa shape index (κ1) is 19.7. The molecule has 2 aliphatic heterocycles. The van der Waals surface area contributed by atoms with Gasteiger partial charge in [-0.25, -0.2) is 15.4 Å². The molecule has 31 heavy (non-hydrogen) atoms. The monoisotopic (exact) mass is 418 g/mol. The van der Waals surface area contributed by atoms with E-state index < -0.39 is 0 Å². The highest BCUT2D eigenvalue weighted by Crippen LogP contribution is 2.24. The lowest BCUT2D eigenvalue weighted by molar-refractivity contribution is -0.122. The molecule has 1 amide bonds. The molecule has 160 valence electrons. The van der Waals surface area contributed by atoms with Gasteiger partial charge in [-0.3, -0.25) is 9.20 Å². The number of hydrogen-bond donors (Lipinski definition) is 4. The van der Waals surface area contributed by atoms with Gasteiger partial charge in [-0.15, -0.1) is 0 Å². The van der Waals surface area contributed by atoms with Gasteiger partial charge in [-0.2, -0.15) is 4.99 Å². The van der Waals surface area contributed by atoms with Crippen LogP contribution in [0.1, 0.15) is 31.7 Å². The number of nitrogens with zero attached hydrogens (tertiary/aromatic N) is 4. The van der Waals surface area contributed by atoms with Gasteiger partial charge in [-0.05, 0) is 37.9 Å². The van der Waals surface area contributed by atoms with E-state index in [0.717, 1.165) is 54.1 Å². The van der Waals surface area contributed by atoms with Crippen LogP contribution in [0.2, 0.25) is 0 Å². The second-order valence-corrected chi connectivity index (χ2v) is 8.10. The van der Waals surface area contributed by atoms with Crippen LogP contribution in [0.5, 0.6) is 0 Å². The van der Waals surface area contributed by atoms with Crippen LogP contribution < -0.4 is 21.5 Å². The van der Waals surface area contributed by atoms with Crippen LogP contribution in [0.3, 0.4) is 0 Å². The molecule has 9 nitrogen and oxygen atoms in total. The van der Waals surface area contributed by atoms with E-state index >= 15 is 0 Å². The molecule has 2 aromatic heterocycles. The lowest BCUT2D eigenvalue weighted by atomic mass is 10.1. The van der Waals surface area contributed by atoms with Gasteiger partial charge in [0, 0.05) is 43.0 Å². The SMILES string of the molecule is CC1C/C(=N\c2nc(-c3cccc(CNC(=O)[C@@H]4CCCN4)c3)cc3nccn23)NN1. The average Bonchev–Trinajstić information content (AvgIpc) is 3.54. The molecule has 9 heteroatoms. The van der Waals surface area contributed by atoms with Gasteiger partial charge in [0.05, 0.1) is 11.7 Å². The largest absolute Gasteiger partial charge is 0.351 e. The zero-order chi connectivity index (χ0) is 21.2. The molecule has 0 bridgehead atoms. The third-order valence-electron chi connectivity index (χ3n) is 5.63. The zero-order valence-corrected chi connectivity index (χ0v) is 17.4. The molecule has 2 saturated heterocycles. The molecule has 4 heterocycles. The number of hydrazine groups is 1. The molecule has 5 rings (SSSR count). The molecular weight excluding hydrogens is 392 g/mol. The second-order valence-electron chi connectivity index (χ2n) is 8.10. The maximum absolute atomic E-state index is 12.3. The van der Waals surface area contributed by atoms with E-state index in [1.165, 1.54) is 0 Å². The highest BCUT2D eigenvalue weighted by Gasteiger charge is 2.21. The van der Waals surface area contributed by atoms with Gasteiger partial charge in [-0.1, -0.05) is 18.2 Å². The molecule has 3 aromatic rings. The Morgan fingerprint density at radius 2 is 2.29 bits per heavy atom. The van der Waals surface area contributed by atoms with Gasteiger partial charge < -0.3 is 16.1 Å². The fourth-order valence-corrected chi connectivity index (χ4v) is 3.99. The average molecular weight is 419 g/mol. The summed E-state index contributed by atoms with van der Waals surface area (Å²) in [5, 5.41) is 6.26. The lowest BCUT2D eigenvalue weighted by Crippen LogP contribution is -2.39. The van der Waals surface area contributed by atoms with Crippen LogP contribution in [0.25, 0.3) is 16.9 Å². The Balaban J connectivity index is 1.40. The first-order chi connectivity index (χ1) is 15.2. The van der Waals surface area contributed by atoms with Crippen molar-refractivity contribution < 1.29 is 4.79 Å². The summed E-state index contributed by atoms with van der Waals surface area (Å²) in [5.74, 6) is 1.49. The summed E-state index contributed by atoms with van der Waals surface area (Å²) in [5.41, 5.74) is 9.84. The molecule has 0 spiro atoms. The molecule has 0 radical (unpaired) electrons. The second kappa shape index (κ2) is 8.44. The molecule has 4 N–H and O–H groups in total. The standard InChI is InChI=1S/C22H26N8O/c1-14-10-19(29-28-14)27-22-26-18(12-20-24-8-9-30(20)22)16-5-2-4-15(11-16)13-25-21(31)17-6-3-7-23-17/h2,4-5,8-9,11-12,14,17,23,28H,3,6-7,10,13H2,1H3,(H,25,31)(H,26,27,29)/t14?,17-/m0/s1. The van der Waals surface area contributed by atoms with Gasteiger partial charge >= 0.3 is 0 Å². The number of imidazole rings is 1. The van der Waals surface area contributed by atoms with E-state index in [0.29, 0.717) is 18.5 Å².